The fourth-order valence-corrected chi connectivity index (χ4v) is 2.36. The molecule has 2 amide bonds. The Kier molecular flexibility index (Phi) is 6.26. The summed E-state index contributed by atoms with van der Waals surface area (Å²) in [5.74, 6) is -1.09. The first-order chi connectivity index (χ1) is 9.34. The van der Waals surface area contributed by atoms with E-state index in [2.05, 4.69) is 24.5 Å². The van der Waals surface area contributed by atoms with E-state index in [0.29, 0.717) is 26.0 Å². The Morgan fingerprint density at radius 3 is 2.60 bits per heavy atom. The molecule has 1 aliphatic carbocycles. The third kappa shape index (κ3) is 5.77. The Morgan fingerprint density at radius 2 is 2.05 bits per heavy atom. The number of hydrogen-bond donors (Lipinski definition) is 3. The minimum Gasteiger partial charge on any atom is -0.481 e. The van der Waals surface area contributed by atoms with E-state index in [1.54, 1.807) is 7.11 Å². The highest BCUT2D eigenvalue weighted by Crippen LogP contribution is 2.25. The van der Waals surface area contributed by atoms with Crippen LogP contribution < -0.4 is 10.6 Å². The molecule has 0 spiro atoms. The van der Waals surface area contributed by atoms with Crippen molar-refractivity contribution in [3.05, 3.63) is 0 Å². The maximum Gasteiger partial charge on any atom is 0.315 e. The summed E-state index contributed by atoms with van der Waals surface area (Å²) in [6.45, 7) is 5.38. The first kappa shape index (κ1) is 16.8. The molecule has 1 aliphatic rings. The van der Waals surface area contributed by atoms with Crippen molar-refractivity contribution < 1.29 is 19.4 Å². The number of aliphatic carboxylic acids is 1. The zero-order valence-corrected chi connectivity index (χ0v) is 12.6. The van der Waals surface area contributed by atoms with Crippen LogP contribution in [0.2, 0.25) is 0 Å². The van der Waals surface area contributed by atoms with Crippen molar-refractivity contribution in [1.29, 1.82) is 0 Å². The second kappa shape index (κ2) is 7.47. The van der Waals surface area contributed by atoms with E-state index in [-0.39, 0.29) is 23.4 Å². The second-order valence-electron chi connectivity index (χ2n) is 6.28. The molecule has 116 valence electrons. The smallest absolute Gasteiger partial charge is 0.315 e. The average Bonchev–Trinajstić information content (AvgIpc) is 2.83. The van der Waals surface area contributed by atoms with Crippen LogP contribution in [0.5, 0.6) is 0 Å². The summed E-state index contributed by atoms with van der Waals surface area (Å²) < 4.78 is 5.04. The average molecular weight is 286 g/mol. The lowest BCUT2D eigenvalue weighted by atomic mass is 9.90. The number of carboxylic acids is 1. The van der Waals surface area contributed by atoms with Gasteiger partial charge in [-0.25, -0.2) is 4.79 Å². The van der Waals surface area contributed by atoms with Gasteiger partial charge in [-0.2, -0.15) is 0 Å². The number of urea groups is 1. The number of ether oxygens (including phenoxy) is 1. The lowest BCUT2D eigenvalue weighted by molar-refractivity contribution is -0.141. The normalized spacial score (nSPS) is 22.6. The quantitative estimate of drug-likeness (QED) is 0.663. The van der Waals surface area contributed by atoms with Gasteiger partial charge in [0.05, 0.1) is 5.92 Å². The highest BCUT2D eigenvalue weighted by atomic mass is 16.5. The molecule has 2 atom stereocenters. The fraction of sp³-hybridized carbons (Fsp3) is 0.857. The highest BCUT2D eigenvalue weighted by molar-refractivity contribution is 5.75. The summed E-state index contributed by atoms with van der Waals surface area (Å²) in [5.41, 5.74) is -0.0212. The molecule has 20 heavy (non-hydrogen) atoms. The van der Waals surface area contributed by atoms with E-state index in [1.165, 1.54) is 0 Å². The molecule has 0 aromatic rings. The van der Waals surface area contributed by atoms with Crippen molar-refractivity contribution in [1.82, 2.24) is 10.6 Å². The van der Waals surface area contributed by atoms with E-state index < -0.39 is 5.97 Å². The zero-order valence-electron chi connectivity index (χ0n) is 12.6. The first-order valence-electron chi connectivity index (χ1n) is 7.10. The minimum atomic E-state index is -0.768. The van der Waals surface area contributed by atoms with Crippen LogP contribution >= 0.6 is 0 Å². The summed E-state index contributed by atoms with van der Waals surface area (Å²) in [6.07, 6.45) is 2.77. The molecule has 1 saturated carbocycles. The summed E-state index contributed by atoms with van der Waals surface area (Å²) in [4.78, 5) is 22.6. The third-order valence-electron chi connectivity index (χ3n) is 3.83. The number of carboxylic acid groups (broad SMARTS) is 1. The van der Waals surface area contributed by atoms with Crippen LogP contribution in [0.15, 0.2) is 0 Å². The van der Waals surface area contributed by atoms with E-state index >= 15 is 0 Å². The van der Waals surface area contributed by atoms with Gasteiger partial charge in [0.25, 0.3) is 0 Å². The molecule has 0 aliphatic heterocycles. The van der Waals surface area contributed by atoms with Crippen LogP contribution in [-0.4, -0.2) is 43.4 Å². The Bertz CT molecular complexity index is 344. The van der Waals surface area contributed by atoms with Gasteiger partial charge in [0.2, 0.25) is 0 Å². The maximum atomic E-state index is 11.8. The second-order valence-corrected chi connectivity index (χ2v) is 6.28. The third-order valence-corrected chi connectivity index (χ3v) is 3.83. The van der Waals surface area contributed by atoms with Crippen LogP contribution in [0.25, 0.3) is 0 Å². The van der Waals surface area contributed by atoms with Crippen LogP contribution in [0.1, 0.15) is 39.5 Å². The topological polar surface area (TPSA) is 87.7 Å². The maximum absolute atomic E-state index is 11.8. The lowest BCUT2D eigenvalue weighted by Gasteiger charge is -2.25. The molecule has 1 rings (SSSR count). The van der Waals surface area contributed by atoms with Crippen molar-refractivity contribution in [2.24, 2.45) is 11.3 Å². The van der Waals surface area contributed by atoms with E-state index in [0.717, 1.165) is 12.8 Å². The van der Waals surface area contributed by atoms with Gasteiger partial charge in [-0.1, -0.05) is 13.8 Å². The van der Waals surface area contributed by atoms with Crippen LogP contribution in [0.3, 0.4) is 0 Å². The zero-order chi connectivity index (χ0) is 15.2. The largest absolute Gasteiger partial charge is 0.481 e. The number of carbonyl (C=O) groups excluding carboxylic acids is 1. The molecular weight excluding hydrogens is 260 g/mol. The molecule has 0 bridgehead atoms. The van der Waals surface area contributed by atoms with Crippen molar-refractivity contribution in [3.63, 3.8) is 0 Å². The number of methoxy groups -OCH3 is 1. The van der Waals surface area contributed by atoms with Crippen LogP contribution in [-0.2, 0) is 9.53 Å². The van der Waals surface area contributed by atoms with Crippen molar-refractivity contribution >= 4 is 12.0 Å². The molecule has 0 aromatic carbocycles. The van der Waals surface area contributed by atoms with Gasteiger partial charge in [-0.15, -0.1) is 0 Å². The Balaban J connectivity index is 2.25. The van der Waals surface area contributed by atoms with Crippen molar-refractivity contribution in [2.45, 2.75) is 45.6 Å². The standard InChI is InChI=1S/C14H26N2O4/c1-14(2,6-7-20-3)9-15-13(19)16-11-5-4-10(8-11)12(17)18/h10-11H,4-9H2,1-3H3,(H,17,18)(H2,15,16,19). The lowest BCUT2D eigenvalue weighted by Crippen LogP contribution is -2.44. The van der Waals surface area contributed by atoms with E-state index in [9.17, 15) is 9.59 Å². The van der Waals surface area contributed by atoms with Crippen LogP contribution in [0.4, 0.5) is 4.79 Å². The SMILES string of the molecule is COCCC(C)(C)CNC(=O)NC1CCC(C(=O)O)C1. The molecule has 1 fully saturated rings. The number of nitrogens with one attached hydrogen (secondary N) is 2. The van der Waals surface area contributed by atoms with Gasteiger partial charge < -0.3 is 20.5 Å². The molecule has 6 nitrogen and oxygen atoms in total. The van der Waals surface area contributed by atoms with Gasteiger partial charge in [-0.05, 0) is 31.1 Å². The van der Waals surface area contributed by atoms with E-state index in [4.69, 9.17) is 9.84 Å². The van der Waals surface area contributed by atoms with Crippen LogP contribution in [0, 0.1) is 11.3 Å². The fourth-order valence-electron chi connectivity index (χ4n) is 2.36. The number of hydrogen-bond acceptors (Lipinski definition) is 3. The molecule has 0 saturated heterocycles. The molecule has 2 unspecified atom stereocenters. The highest BCUT2D eigenvalue weighted by Gasteiger charge is 2.30. The van der Waals surface area contributed by atoms with Crippen molar-refractivity contribution in [3.8, 4) is 0 Å². The summed E-state index contributed by atoms with van der Waals surface area (Å²) in [5, 5.41) is 14.6. The molecule has 0 radical (unpaired) electrons. The van der Waals surface area contributed by atoms with Gasteiger partial charge in [0, 0.05) is 26.3 Å². The summed E-state index contributed by atoms with van der Waals surface area (Å²) in [6, 6.07) is -0.246. The Morgan fingerprint density at radius 1 is 1.35 bits per heavy atom. The molecule has 6 heteroatoms. The minimum absolute atomic E-state index is 0.0212. The summed E-state index contributed by atoms with van der Waals surface area (Å²) in [7, 11) is 1.66. The molecular formula is C14H26N2O4. The Labute approximate surface area is 120 Å². The first-order valence-corrected chi connectivity index (χ1v) is 7.10. The van der Waals surface area contributed by atoms with Gasteiger partial charge in [0.15, 0.2) is 0 Å². The Hall–Kier alpha value is -1.30. The molecule has 3 N–H and O–H groups in total. The van der Waals surface area contributed by atoms with E-state index in [1.807, 2.05) is 0 Å². The summed E-state index contributed by atoms with van der Waals surface area (Å²) >= 11 is 0. The van der Waals surface area contributed by atoms with Gasteiger partial charge in [-0.3, -0.25) is 4.79 Å². The number of amides is 2. The van der Waals surface area contributed by atoms with Crippen molar-refractivity contribution in [2.75, 3.05) is 20.3 Å². The number of rotatable bonds is 7. The molecule has 0 heterocycles. The predicted octanol–water partition coefficient (Wildman–Crippen LogP) is 1.60. The van der Waals surface area contributed by atoms with Gasteiger partial charge >= 0.3 is 12.0 Å². The molecule has 0 aromatic heterocycles. The van der Waals surface area contributed by atoms with Gasteiger partial charge in [0.1, 0.15) is 0 Å². The number of carbonyl (C=O) groups is 2. The monoisotopic (exact) mass is 286 g/mol. The predicted molar refractivity (Wildman–Crippen MR) is 75.6 cm³/mol.